The summed E-state index contributed by atoms with van der Waals surface area (Å²) in [5.41, 5.74) is 0.992. The lowest BCUT2D eigenvalue weighted by molar-refractivity contribution is -0.120. The summed E-state index contributed by atoms with van der Waals surface area (Å²) in [5.74, 6) is 0.948. The summed E-state index contributed by atoms with van der Waals surface area (Å²) >= 11 is 0. The second-order valence-corrected chi connectivity index (χ2v) is 7.36. The Morgan fingerprint density at radius 2 is 1.95 bits per heavy atom. The van der Waals surface area contributed by atoms with E-state index in [0.717, 1.165) is 17.6 Å². The number of ether oxygens (including phenoxy) is 2. The van der Waals surface area contributed by atoms with E-state index in [-0.39, 0.29) is 0 Å². The van der Waals surface area contributed by atoms with Gasteiger partial charge in [0.05, 0.1) is 0 Å². The molecule has 0 bridgehead atoms. The Morgan fingerprint density at radius 1 is 1.29 bits per heavy atom. The molecule has 0 unspecified atom stereocenters. The average Bonchev–Trinajstić information content (AvgIpc) is 2.45. The minimum Gasteiger partial charge on any atom is -0.486 e. The van der Waals surface area contributed by atoms with E-state index in [2.05, 4.69) is 5.32 Å². The van der Waals surface area contributed by atoms with Gasteiger partial charge in [-0.25, -0.2) is 8.42 Å². The summed E-state index contributed by atoms with van der Waals surface area (Å²) in [6.07, 6.45) is 1.65. The van der Waals surface area contributed by atoms with Gasteiger partial charge in [-0.3, -0.25) is 4.79 Å². The summed E-state index contributed by atoms with van der Waals surface area (Å²) in [5, 5.41) is 1.60. The molecule has 1 N–H and O–H groups in total. The highest BCUT2D eigenvalue weighted by molar-refractivity contribution is 7.92. The molecule has 1 aliphatic rings. The van der Waals surface area contributed by atoms with Gasteiger partial charge in [0.2, 0.25) is 5.91 Å². The van der Waals surface area contributed by atoms with Crippen LogP contribution >= 0.6 is 0 Å². The van der Waals surface area contributed by atoms with E-state index >= 15 is 0 Å². The largest absolute Gasteiger partial charge is 0.486 e. The van der Waals surface area contributed by atoms with Crippen LogP contribution in [0.15, 0.2) is 18.2 Å². The number of rotatable bonds is 5. The summed E-state index contributed by atoms with van der Waals surface area (Å²) in [6.45, 7) is 2.83. The van der Waals surface area contributed by atoms with E-state index in [1.807, 2.05) is 18.2 Å². The van der Waals surface area contributed by atoms with Gasteiger partial charge in [0.1, 0.15) is 18.5 Å². The van der Waals surface area contributed by atoms with E-state index in [4.69, 9.17) is 9.47 Å². The summed E-state index contributed by atoms with van der Waals surface area (Å²) in [7, 11) is -3.36. The topological polar surface area (TPSA) is 81.7 Å². The number of hydrogen-bond acceptors (Lipinski definition) is 5. The van der Waals surface area contributed by atoms with Crippen LogP contribution in [0.5, 0.6) is 11.5 Å². The van der Waals surface area contributed by atoms with Crippen molar-refractivity contribution in [2.75, 3.05) is 26.0 Å². The molecule has 0 spiro atoms. The fraction of sp³-hybridized carbons (Fsp3) is 0.500. The van der Waals surface area contributed by atoms with Gasteiger partial charge in [0.25, 0.3) is 0 Å². The molecule has 0 aromatic heterocycles. The lowest BCUT2D eigenvalue weighted by Crippen LogP contribution is -2.38. The zero-order valence-corrected chi connectivity index (χ0v) is 12.9. The SMILES string of the molecule is C[C@H](C(=O)NCCc1ccc2c(c1)OCCO2)S(C)(=O)=O. The minimum atomic E-state index is -3.36. The second-order valence-electron chi connectivity index (χ2n) is 4.99. The van der Waals surface area contributed by atoms with Crippen molar-refractivity contribution < 1.29 is 22.7 Å². The van der Waals surface area contributed by atoms with Crippen LogP contribution in [0.25, 0.3) is 0 Å². The van der Waals surface area contributed by atoms with Gasteiger partial charge in [0, 0.05) is 12.8 Å². The quantitative estimate of drug-likeness (QED) is 0.858. The van der Waals surface area contributed by atoms with Crippen LogP contribution in [0.4, 0.5) is 0 Å². The smallest absolute Gasteiger partial charge is 0.238 e. The molecule has 7 heteroatoms. The highest BCUT2D eigenvalue weighted by atomic mass is 32.2. The number of carbonyl (C=O) groups excluding carboxylic acids is 1. The van der Waals surface area contributed by atoms with Crippen LogP contribution < -0.4 is 14.8 Å². The molecule has 1 atom stereocenters. The number of sulfone groups is 1. The number of benzene rings is 1. The van der Waals surface area contributed by atoms with Gasteiger partial charge in [-0.15, -0.1) is 0 Å². The molecule has 0 aliphatic carbocycles. The number of fused-ring (bicyclic) bond motifs is 1. The molecule has 1 aromatic rings. The average molecular weight is 313 g/mol. The normalized spacial score (nSPS) is 15.3. The second kappa shape index (κ2) is 6.34. The van der Waals surface area contributed by atoms with Crippen LogP contribution in [0.1, 0.15) is 12.5 Å². The predicted octanol–water partition coefficient (Wildman–Crippen LogP) is 0.550. The van der Waals surface area contributed by atoms with Crippen molar-refractivity contribution in [1.82, 2.24) is 5.32 Å². The lowest BCUT2D eigenvalue weighted by atomic mass is 10.1. The van der Waals surface area contributed by atoms with Crippen LogP contribution in [0.2, 0.25) is 0 Å². The van der Waals surface area contributed by atoms with Gasteiger partial charge in [-0.05, 0) is 31.0 Å². The number of nitrogens with one attached hydrogen (secondary N) is 1. The summed E-state index contributed by atoms with van der Waals surface area (Å²) in [6, 6.07) is 5.62. The Labute approximate surface area is 124 Å². The maximum atomic E-state index is 11.7. The van der Waals surface area contributed by atoms with E-state index in [9.17, 15) is 13.2 Å². The Hall–Kier alpha value is -1.76. The highest BCUT2D eigenvalue weighted by Crippen LogP contribution is 2.30. The maximum Gasteiger partial charge on any atom is 0.238 e. The van der Waals surface area contributed by atoms with E-state index in [1.54, 1.807) is 0 Å². The number of carbonyl (C=O) groups is 1. The first-order chi connectivity index (χ1) is 9.88. The van der Waals surface area contributed by atoms with Crippen molar-refractivity contribution in [3.63, 3.8) is 0 Å². The molecule has 0 saturated heterocycles. The Bertz CT molecular complexity index is 626. The van der Waals surface area contributed by atoms with Crippen molar-refractivity contribution in [3.8, 4) is 11.5 Å². The first-order valence-electron chi connectivity index (χ1n) is 6.73. The first kappa shape index (κ1) is 15.6. The minimum absolute atomic E-state index is 0.373. The van der Waals surface area contributed by atoms with Gasteiger partial charge >= 0.3 is 0 Å². The van der Waals surface area contributed by atoms with Gasteiger partial charge in [0.15, 0.2) is 21.3 Å². The summed E-state index contributed by atoms with van der Waals surface area (Å²) < 4.78 is 33.5. The molecule has 0 saturated carbocycles. The third kappa shape index (κ3) is 4.10. The molecule has 0 fully saturated rings. The molecule has 116 valence electrons. The fourth-order valence-electron chi connectivity index (χ4n) is 1.91. The van der Waals surface area contributed by atoms with Gasteiger partial charge < -0.3 is 14.8 Å². The lowest BCUT2D eigenvalue weighted by Gasteiger charge is -2.19. The van der Waals surface area contributed by atoms with Crippen molar-refractivity contribution >= 4 is 15.7 Å². The molecule has 6 nitrogen and oxygen atoms in total. The maximum absolute atomic E-state index is 11.7. The van der Waals surface area contributed by atoms with E-state index in [0.29, 0.717) is 31.9 Å². The standard InChI is InChI=1S/C14H19NO5S/c1-10(21(2,17)18)14(16)15-6-5-11-3-4-12-13(9-11)20-8-7-19-12/h3-4,9-10H,5-8H2,1-2H3,(H,15,16)/t10-/m1/s1. The monoisotopic (exact) mass is 313 g/mol. The third-order valence-electron chi connectivity index (χ3n) is 3.33. The van der Waals surface area contributed by atoms with Crippen LogP contribution in [0.3, 0.4) is 0 Å². The summed E-state index contributed by atoms with van der Waals surface area (Å²) in [4.78, 5) is 11.7. The van der Waals surface area contributed by atoms with Crippen LogP contribution in [0, 0.1) is 0 Å². The molecule has 2 rings (SSSR count). The first-order valence-corrected chi connectivity index (χ1v) is 8.68. The fourth-order valence-corrected chi connectivity index (χ4v) is 2.38. The molecule has 1 heterocycles. The van der Waals surface area contributed by atoms with Gasteiger partial charge in [-0.2, -0.15) is 0 Å². The van der Waals surface area contributed by atoms with Gasteiger partial charge in [-0.1, -0.05) is 6.07 Å². The Balaban J connectivity index is 1.88. The molecule has 0 radical (unpaired) electrons. The number of amides is 1. The zero-order chi connectivity index (χ0) is 15.5. The molecule has 1 aromatic carbocycles. The van der Waals surface area contributed by atoms with E-state index in [1.165, 1.54) is 6.92 Å². The highest BCUT2D eigenvalue weighted by Gasteiger charge is 2.22. The molecule has 21 heavy (non-hydrogen) atoms. The predicted molar refractivity (Wildman–Crippen MR) is 78.5 cm³/mol. The van der Waals surface area contributed by atoms with Crippen LogP contribution in [-0.2, 0) is 21.1 Å². The Kier molecular flexibility index (Phi) is 4.72. The van der Waals surface area contributed by atoms with Crippen molar-refractivity contribution in [2.24, 2.45) is 0 Å². The number of hydrogen-bond donors (Lipinski definition) is 1. The zero-order valence-electron chi connectivity index (χ0n) is 12.1. The molecule has 1 aliphatic heterocycles. The van der Waals surface area contributed by atoms with Crippen LogP contribution in [-0.4, -0.2) is 45.6 Å². The van der Waals surface area contributed by atoms with E-state index < -0.39 is 21.0 Å². The third-order valence-corrected chi connectivity index (χ3v) is 4.83. The molecular formula is C14H19NO5S. The molecular weight excluding hydrogens is 294 g/mol. The van der Waals surface area contributed by atoms with Crippen molar-refractivity contribution in [2.45, 2.75) is 18.6 Å². The van der Waals surface area contributed by atoms with Crippen molar-refractivity contribution in [3.05, 3.63) is 23.8 Å². The van der Waals surface area contributed by atoms with Crippen molar-refractivity contribution in [1.29, 1.82) is 0 Å². The Morgan fingerprint density at radius 3 is 2.62 bits per heavy atom. The molecule has 1 amide bonds.